The van der Waals surface area contributed by atoms with Gasteiger partial charge in [-0.2, -0.15) is 0 Å². The number of aryl methyl sites for hydroxylation is 1. The van der Waals surface area contributed by atoms with Crippen LogP contribution in [0.3, 0.4) is 0 Å². The molecular weight excluding hydrogens is 416 g/mol. The maximum absolute atomic E-state index is 11.6. The van der Waals surface area contributed by atoms with Crippen molar-refractivity contribution in [2.75, 3.05) is 13.7 Å². The molecule has 0 saturated heterocycles. The standard InChI is InChI=1S/C27H44N2O4/c1-16(2)21(13-24(28)26(30)14-22(17(3)4)27(31)32)18(5)19-9-10-25-23(12-19)20(15-29-25)8-7-11-33-6/h9-10,12,15-18,21-22,24,26,29-30H,7-8,11,13-14,28H2,1-6H3,(H,31,32)/t18?,21-,22-,24-,26-/m0/s1. The smallest absolute Gasteiger partial charge is 0.306 e. The Kier molecular flexibility index (Phi) is 10.4. The number of aliphatic hydroxyl groups is 1. The predicted molar refractivity (Wildman–Crippen MR) is 134 cm³/mol. The van der Waals surface area contributed by atoms with E-state index in [1.807, 2.05) is 13.8 Å². The van der Waals surface area contributed by atoms with E-state index in [1.165, 1.54) is 16.5 Å². The van der Waals surface area contributed by atoms with E-state index in [2.05, 4.69) is 50.2 Å². The minimum Gasteiger partial charge on any atom is -0.481 e. The van der Waals surface area contributed by atoms with E-state index in [9.17, 15) is 15.0 Å². The Hall–Kier alpha value is -1.89. The number of methoxy groups -OCH3 is 1. The van der Waals surface area contributed by atoms with Crippen LogP contribution in [-0.4, -0.2) is 47.0 Å². The van der Waals surface area contributed by atoms with Crippen molar-refractivity contribution in [2.45, 2.75) is 78.4 Å². The SMILES string of the molecule is COCCCc1c[nH]c2ccc(C(C)[C@@H](C[C@H](N)[C@@H](O)C[C@H](C(=O)O)C(C)C)C(C)C)cc12. The van der Waals surface area contributed by atoms with Crippen LogP contribution in [0.5, 0.6) is 0 Å². The van der Waals surface area contributed by atoms with Gasteiger partial charge in [0, 0.05) is 36.9 Å². The van der Waals surface area contributed by atoms with E-state index in [0.717, 1.165) is 25.0 Å². The molecule has 1 unspecified atom stereocenters. The summed E-state index contributed by atoms with van der Waals surface area (Å²) in [6, 6.07) is 6.16. The van der Waals surface area contributed by atoms with E-state index < -0.39 is 24.0 Å². The van der Waals surface area contributed by atoms with Gasteiger partial charge in [-0.25, -0.2) is 0 Å². The summed E-state index contributed by atoms with van der Waals surface area (Å²) in [4.78, 5) is 14.9. The van der Waals surface area contributed by atoms with Crippen molar-refractivity contribution in [1.82, 2.24) is 4.98 Å². The summed E-state index contributed by atoms with van der Waals surface area (Å²) < 4.78 is 5.20. The van der Waals surface area contributed by atoms with Gasteiger partial charge in [-0.05, 0) is 72.6 Å². The summed E-state index contributed by atoms with van der Waals surface area (Å²) in [5.41, 5.74) is 10.1. The van der Waals surface area contributed by atoms with Crippen LogP contribution in [0.25, 0.3) is 10.9 Å². The molecule has 0 fully saturated rings. The monoisotopic (exact) mass is 460 g/mol. The van der Waals surface area contributed by atoms with Crippen molar-refractivity contribution in [2.24, 2.45) is 29.4 Å². The number of benzene rings is 1. The molecule has 1 heterocycles. The number of aromatic amines is 1. The lowest BCUT2D eigenvalue weighted by Crippen LogP contribution is -2.41. The molecular formula is C27H44N2O4. The number of hydrogen-bond donors (Lipinski definition) is 4. The summed E-state index contributed by atoms with van der Waals surface area (Å²) in [6.45, 7) is 11.1. The highest BCUT2D eigenvalue weighted by Crippen LogP contribution is 2.36. The molecule has 1 aromatic heterocycles. The third-order valence-electron chi connectivity index (χ3n) is 7.27. The first kappa shape index (κ1) is 27.4. The van der Waals surface area contributed by atoms with Crippen molar-refractivity contribution in [3.8, 4) is 0 Å². The fourth-order valence-corrected chi connectivity index (χ4v) is 4.96. The maximum Gasteiger partial charge on any atom is 0.306 e. The topological polar surface area (TPSA) is 109 Å². The van der Waals surface area contributed by atoms with Gasteiger partial charge in [-0.1, -0.05) is 40.7 Å². The Morgan fingerprint density at radius 3 is 2.39 bits per heavy atom. The lowest BCUT2D eigenvalue weighted by Gasteiger charge is -2.33. The van der Waals surface area contributed by atoms with E-state index in [1.54, 1.807) is 7.11 Å². The lowest BCUT2D eigenvalue weighted by molar-refractivity contribution is -0.144. The molecule has 6 nitrogen and oxygen atoms in total. The van der Waals surface area contributed by atoms with Crippen LogP contribution in [0.2, 0.25) is 0 Å². The molecule has 5 N–H and O–H groups in total. The van der Waals surface area contributed by atoms with Crippen molar-refractivity contribution in [3.05, 3.63) is 35.5 Å². The molecule has 0 spiro atoms. The first-order valence-corrected chi connectivity index (χ1v) is 12.3. The molecule has 6 heteroatoms. The van der Waals surface area contributed by atoms with Gasteiger partial charge in [-0.15, -0.1) is 0 Å². The minimum absolute atomic E-state index is 0.0460. The van der Waals surface area contributed by atoms with Gasteiger partial charge < -0.3 is 25.7 Å². The fraction of sp³-hybridized carbons (Fsp3) is 0.667. The molecule has 33 heavy (non-hydrogen) atoms. The first-order chi connectivity index (χ1) is 15.6. The Morgan fingerprint density at radius 1 is 1.12 bits per heavy atom. The number of nitrogens with one attached hydrogen (secondary N) is 1. The summed E-state index contributed by atoms with van der Waals surface area (Å²) in [5.74, 6) is -0.600. The van der Waals surface area contributed by atoms with Crippen molar-refractivity contribution >= 4 is 16.9 Å². The molecule has 2 aromatic rings. The maximum atomic E-state index is 11.6. The zero-order valence-corrected chi connectivity index (χ0v) is 21.2. The third-order valence-corrected chi connectivity index (χ3v) is 7.27. The lowest BCUT2D eigenvalue weighted by atomic mass is 9.75. The average Bonchev–Trinajstić information content (AvgIpc) is 3.16. The number of carboxylic acids is 1. The van der Waals surface area contributed by atoms with Crippen LogP contribution < -0.4 is 5.73 Å². The van der Waals surface area contributed by atoms with Crippen LogP contribution in [0.15, 0.2) is 24.4 Å². The van der Waals surface area contributed by atoms with E-state index in [0.29, 0.717) is 12.3 Å². The molecule has 0 aliphatic heterocycles. The van der Waals surface area contributed by atoms with E-state index >= 15 is 0 Å². The van der Waals surface area contributed by atoms with Crippen LogP contribution in [0.1, 0.15) is 70.9 Å². The molecule has 1 aromatic carbocycles. The van der Waals surface area contributed by atoms with Crippen LogP contribution in [0, 0.1) is 23.7 Å². The highest BCUT2D eigenvalue weighted by atomic mass is 16.5. The Bertz CT molecular complexity index is 876. The summed E-state index contributed by atoms with van der Waals surface area (Å²) in [7, 11) is 1.73. The molecule has 0 bridgehead atoms. The number of nitrogens with two attached hydrogens (primary N) is 1. The third kappa shape index (κ3) is 7.29. The van der Waals surface area contributed by atoms with E-state index in [4.69, 9.17) is 10.5 Å². The van der Waals surface area contributed by atoms with Crippen LogP contribution in [0.4, 0.5) is 0 Å². The van der Waals surface area contributed by atoms with Crippen LogP contribution in [-0.2, 0) is 16.0 Å². The fourth-order valence-electron chi connectivity index (χ4n) is 4.96. The van der Waals surface area contributed by atoms with Gasteiger partial charge in [0.25, 0.3) is 0 Å². The van der Waals surface area contributed by atoms with Gasteiger partial charge in [-0.3, -0.25) is 4.79 Å². The highest BCUT2D eigenvalue weighted by Gasteiger charge is 2.31. The number of carboxylic acid groups (broad SMARTS) is 1. The number of H-pyrrole nitrogens is 1. The minimum atomic E-state index is -0.869. The van der Waals surface area contributed by atoms with Crippen molar-refractivity contribution < 1.29 is 19.7 Å². The number of rotatable bonds is 14. The highest BCUT2D eigenvalue weighted by molar-refractivity contribution is 5.84. The quantitative estimate of drug-likeness (QED) is 0.298. The molecule has 0 aliphatic carbocycles. The molecule has 5 atom stereocenters. The molecule has 2 rings (SSSR count). The van der Waals surface area contributed by atoms with Crippen molar-refractivity contribution in [3.63, 3.8) is 0 Å². The van der Waals surface area contributed by atoms with Gasteiger partial charge in [0.1, 0.15) is 0 Å². The Balaban J connectivity index is 2.17. The second-order valence-electron chi connectivity index (χ2n) is 10.3. The van der Waals surface area contributed by atoms with Gasteiger partial charge in [0.05, 0.1) is 12.0 Å². The number of carbonyl (C=O) groups is 1. The van der Waals surface area contributed by atoms with Gasteiger partial charge in [0.2, 0.25) is 0 Å². The second-order valence-corrected chi connectivity index (χ2v) is 10.3. The van der Waals surface area contributed by atoms with Crippen molar-refractivity contribution in [1.29, 1.82) is 0 Å². The Labute approximate surface area is 198 Å². The first-order valence-electron chi connectivity index (χ1n) is 12.3. The van der Waals surface area contributed by atoms with Gasteiger partial charge >= 0.3 is 5.97 Å². The normalized spacial score (nSPS) is 16.8. The molecule has 0 radical (unpaired) electrons. The molecule has 0 amide bonds. The predicted octanol–water partition coefficient (Wildman–Crippen LogP) is 4.95. The van der Waals surface area contributed by atoms with E-state index in [-0.39, 0.29) is 24.2 Å². The average molecular weight is 461 g/mol. The Morgan fingerprint density at radius 2 is 1.82 bits per heavy atom. The number of aliphatic carboxylic acids is 1. The zero-order chi connectivity index (χ0) is 24.7. The number of ether oxygens (including phenoxy) is 1. The number of aliphatic hydroxyl groups excluding tert-OH is 1. The number of fused-ring (bicyclic) bond motifs is 1. The molecule has 0 aliphatic rings. The van der Waals surface area contributed by atoms with Gasteiger partial charge in [0.15, 0.2) is 0 Å². The molecule has 186 valence electrons. The zero-order valence-electron chi connectivity index (χ0n) is 21.2. The summed E-state index contributed by atoms with van der Waals surface area (Å²) in [6.07, 6.45) is 4.05. The summed E-state index contributed by atoms with van der Waals surface area (Å²) in [5, 5.41) is 21.5. The number of hydrogen-bond acceptors (Lipinski definition) is 4. The number of aromatic nitrogens is 1. The molecule has 0 saturated carbocycles. The largest absolute Gasteiger partial charge is 0.481 e. The summed E-state index contributed by atoms with van der Waals surface area (Å²) >= 11 is 0. The van der Waals surface area contributed by atoms with Crippen LogP contribution >= 0.6 is 0 Å². The second kappa shape index (κ2) is 12.5.